The molecule has 3 aromatic heterocycles. The molecule has 188 valence electrons. The molecule has 0 amide bonds. The Morgan fingerprint density at radius 1 is 1.00 bits per heavy atom. The first kappa shape index (κ1) is 21.4. The van der Waals surface area contributed by atoms with Crippen molar-refractivity contribution in [3.8, 4) is 22.7 Å². The largest absolute Gasteiger partial charge is 0.487 e. The lowest BCUT2D eigenvalue weighted by Gasteiger charge is -2.19. The van der Waals surface area contributed by atoms with Crippen LogP contribution in [0.25, 0.3) is 49.8 Å². The molecule has 1 saturated heterocycles. The van der Waals surface area contributed by atoms with Gasteiger partial charge in [0.2, 0.25) is 0 Å². The van der Waals surface area contributed by atoms with Gasteiger partial charge in [-0.3, -0.25) is 24.3 Å². The van der Waals surface area contributed by atoms with Crippen LogP contribution in [0.15, 0.2) is 70.4 Å². The van der Waals surface area contributed by atoms with E-state index in [4.69, 9.17) is 9.72 Å². The number of aromatic amines is 2. The van der Waals surface area contributed by atoms with Gasteiger partial charge in [0.25, 0.3) is 11.1 Å². The van der Waals surface area contributed by atoms with Gasteiger partial charge in [0.15, 0.2) is 0 Å². The fourth-order valence-corrected chi connectivity index (χ4v) is 5.77. The molecule has 6 aromatic rings. The van der Waals surface area contributed by atoms with Crippen LogP contribution in [0.5, 0.6) is 5.75 Å². The number of aromatic nitrogens is 6. The summed E-state index contributed by atoms with van der Waals surface area (Å²) in [5, 5.41) is 9.41. The zero-order chi connectivity index (χ0) is 25.4. The van der Waals surface area contributed by atoms with Crippen molar-refractivity contribution >= 4 is 32.8 Å². The second-order valence-corrected chi connectivity index (χ2v) is 10.00. The van der Waals surface area contributed by atoms with Crippen LogP contribution in [0.2, 0.25) is 0 Å². The summed E-state index contributed by atoms with van der Waals surface area (Å²) in [6.45, 7) is 2.87. The molecule has 2 aliphatic rings. The first-order valence-electron chi connectivity index (χ1n) is 12.7. The molecule has 38 heavy (non-hydrogen) atoms. The van der Waals surface area contributed by atoms with Gasteiger partial charge in [-0.1, -0.05) is 30.3 Å². The van der Waals surface area contributed by atoms with Crippen LogP contribution in [-0.2, 0) is 6.54 Å². The molecule has 0 radical (unpaired) electrons. The van der Waals surface area contributed by atoms with E-state index in [0.29, 0.717) is 39.8 Å². The zero-order valence-corrected chi connectivity index (χ0v) is 20.3. The number of hydrogen-bond acceptors (Lipinski definition) is 6. The second-order valence-electron chi connectivity index (χ2n) is 10.00. The van der Waals surface area contributed by atoms with E-state index in [2.05, 4.69) is 20.1 Å². The maximum Gasteiger partial charge on any atom is 0.275 e. The van der Waals surface area contributed by atoms with Crippen molar-refractivity contribution in [1.82, 2.24) is 34.4 Å². The average molecular weight is 506 g/mol. The van der Waals surface area contributed by atoms with E-state index in [1.807, 2.05) is 53.3 Å². The Kier molecular flexibility index (Phi) is 4.45. The van der Waals surface area contributed by atoms with E-state index in [9.17, 15) is 9.59 Å². The van der Waals surface area contributed by atoms with Crippen LogP contribution in [0.4, 0.5) is 0 Å². The fourth-order valence-electron chi connectivity index (χ4n) is 5.77. The standard InChI is InChI=1S/C28H23N7O3/c36-27-25-19-5-3-6-20-24(19)32-34(28(20)37)11-10-33-9-8-18(15-33)38-23-13-17(12-21(30-27)26(23)31-25)35-22-7-2-1-4-16(22)14-29-35/h1-7,12-14,18,32H,8-11,15H2,(H,30,36)/t18-/m0/s1. The molecule has 8 rings (SSSR count). The Labute approximate surface area is 215 Å². The maximum atomic E-state index is 13.4. The Hall–Kier alpha value is -4.70. The van der Waals surface area contributed by atoms with E-state index >= 15 is 0 Å². The van der Waals surface area contributed by atoms with E-state index in [1.54, 1.807) is 16.8 Å². The number of fused-ring (bicyclic) bond motifs is 6. The average Bonchev–Trinajstić information content (AvgIpc) is 3.64. The Morgan fingerprint density at radius 2 is 1.92 bits per heavy atom. The molecule has 0 saturated carbocycles. The van der Waals surface area contributed by atoms with Crippen molar-refractivity contribution in [2.75, 3.05) is 19.6 Å². The van der Waals surface area contributed by atoms with E-state index in [-0.39, 0.29) is 22.9 Å². The number of nitrogens with one attached hydrogen (secondary N) is 2. The normalized spacial score (nSPS) is 18.9. The van der Waals surface area contributed by atoms with Crippen molar-refractivity contribution in [3.63, 3.8) is 0 Å². The Balaban J connectivity index is 1.41. The van der Waals surface area contributed by atoms with Crippen LogP contribution in [0.1, 0.15) is 6.42 Å². The zero-order valence-electron chi connectivity index (χ0n) is 20.3. The highest BCUT2D eigenvalue weighted by Crippen LogP contribution is 2.32. The summed E-state index contributed by atoms with van der Waals surface area (Å²) >= 11 is 0. The summed E-state index contributed by atoms with van der Waals surface area (Å²) in [6.07, 6.45) is 2.64. The molecule has 2 atom stereocenters. The number of hydrogen-bond donors (Lipinski definition) is 2. The first-order chi connectivity index (χ1) is 18.6. The second kappa shape index (κ2) is 7.90. The van der Waals surface area contributed by atoms with Gasteiger partial charge >= 0.3 is 0 Å². The smallest absolute Gasteiger partial charge is 0.275 e. The molecule has 2 N–H and O–H groups in total. The highest BCUT2D eigenvalue weighted by Gasteiger charge is 2.27. The molecule has 1 unspecified atom stereocenters. The van der Waals surface area contributed by atoms with Gasteiger partial charge in [-0.2, -0.15) is 5.10 Å². The minimum Gasteiger partial charge on any atom is -0.487 e. The summed E-state index contributed by atoms with van der Waals surface area (Å²) in [5.41, 5.74) is 3.84. The van der Waals surface area contributed by atoms with Crippen molar-refractivity contribution in [2.45, 2.75) is 19.1 Å². The van der Waals surface area contributed by atoms with Crippen LogP contribution in [0.3, 0.4) is 0 Å². The van der Waals surface area contributed by atoms with Gasteiger partial charge in [-0.05, 0) is 24.6 Å². The van der Waals surface area contributed by atoms with Crippen LogP contribution in [-0.4, -0.2) is 60.2 Å². The quantitative estimate of drug-likeness (QED) is 0.355. The van der Waals surface area contributed by atoms with Gasteiger partial charge in [-0.15, -0.1) is 0 Å². The predicted octanol–water partition coefficient (Wildman–Crippen LogP) is 3.04. The highest BCUT2D eigenvalue weighted by molar-refractivity contribution is 5.94. The molecule has 10 heteroatoms. The number of benzene rings is 3. The summed E-state index contributed by atoms with van der Waals surface area (Å²) in [6, 6.07) is 17.2. The maximum absolute atomic E-state index is 13.4. The summed E-state index contributed by atoms with van der Waals surface area (Å²) in [7, 11) is 0. The van der Waals surface area contributed by atoms with Crippen molar-refractivity contribution in [1.29, 1.82) is 0 Å². The van der Waals surface area contributed by atoms with Crippen molar-refractivity contribution in [3.05, 3.63) is 81.5 Å². The number of H-pyrrole nitrogens is 2. The molecular formula is C28H23N7O3. The Bertz CT molecular complexity index is 2010. The lowest BCUT2D eigenvalue weighted by Crippen LogP contribution is -2.30. The van der Waals surface area contributed by atoms with Crippen molar-refractivity contribution in [2.24, 2.45) is 0 Å². The highest BCUT2D eigenvalue weighted by atomic mass is 16.5. The summed E-state index contributed by atoms with van der Waals surface area (Å²) in [5.74, 6) is 0.594. The monoisotopic (exact) mass is 505 g/mol. The van der Waals surface area contributed by atoms with Gasteiger partial charge in [0.05, 0.1) is 40.4 Å². The van der Waals surface area contributed by atoms with Crippen LogP contribution >= 0.6 is 0 Å². The molecule has 10 nitrogen and oxygen atoms in total. The molecule has 3 aromatic carbocycles. The number of rotatable bonds is 1. The van der Waals surface area contributed by atoms with E-state index < -0.39 is 0 Å². The van der Waals surface area contributed by atoms with Crippen LogP contribution in [0, 0.1) is 0 Å². The molecule has 2 aliphatic heterocycles. The summed E-state index contributed by atoms with van der Waals surface area (Å²) in [4.78, 5) is 36.7. The molecule has 0 aliphatic carbocycles. The summed E-state index contributed by atoms with van der Waals surface area (Å²) < 4.78 is 10.1. The predicted molar refractivity (Wildman–Crippen MR) is 144 cm³/mol. The van der Waals surface area contributed by atoms with Crippen LogP contribution < -0.4 is 15.9 Å². The third-order valence-electron chi connectivity index (χ3n) is 7.67. The third kappa shape index (κ3) is 3.16. The molecule has 1 fully saturated rings. The molecule has 5 heterocycles. The lowest BCUT2D eigenvalue weighted by molar-refractivity contribution is 0.199. The molecule has 6 bridgehead atoms. The third-order valence-corrected chi connectivity index (χ3v) is 7.67. The van der Waals surface area contributed by atoms with Gasteiger partial charge in [-0.25, -0.2) is 9.67 Å². The SMILES string of the molecule is O=c1[nH]c2cc(-n3ncc4ccccc43)cc3c2nc1-c1cccc2c(=O)n([nH]c12)CCN1CC[C@@H](C1)O3. The van der Waals surface area contributed by atoms with Gasteiger partial charge in [0, 0.05) is 36.7 Å². The number of para-hydroxylation sites is 2. The van der Waals surface area contributed by atoms with E-state index in [0.717, 1.165) is 42.6 Å². The lowest BCUT2D eigenvalue weighted by atomic mass is 10.1. The van der Waals surface area contributed by atoms with E-state index in [1.165, 1.54) is 0 Å². The van der Waals surface area contributed by atoms with Gasteiger partial charge < -0.3 is 9.72 Å². The van der Waals surface area contributed by atoms with Gasteiger partial charge in [0.1, 0.15) is 23.1 Å². The first-order valence-corrected chi connectivity index (χ1v) is 12.7. The topological polar surface area (TPSA) is 114 Å². The molecule has 0 spiro atoms. The minimum atomic E-state index is -0.342. The number of ether oxygens (including phenoxy) is 1. The number of nitrogens with zero attached hydrogens (tertiary/aromatic N) is 5. The Morgan fingerprint density at radius 3 is 2.87 bits per heavy atom. The molecular weight excluding hydrogens is 482 g/mol. The fraction of sp³-hybridized carbons (Fsp3) is 0.214. The van der Waals surface area contributed by atoms with Crippen molar-refractivity contribution < 1.29 is 4.74 Å². The minimum absolute atomic E-state index is 0.0400.